The zero-order valence-electron chi connectivity index (χ0n) is 12.8. The molecule has 2 heterocycles. The van der Waals surface area contributed by atoms with Crippen molar-refractivity contribution in [2.45, 2.75) is 13.0 Å². The van der Waals surface area contributed by atoms with Crippen molar-refractivity contribution in [3.05, 3.63) is 41.1 Å². The molecule has 0 fully saturated rings. The molecule has 1 aromatic carbocycles. The summed E-state index contributed by atoms with van der Waals surface area (Å²) in [6.45, 7) is 1.89. The number of nitriles is 1. The summed E-state index contributed by atoms with van der Waals surface area (Å²) >= 11 is 0. The van der Waals surface area contributed by atoms with Crippen molar-refractivity contribution < 1.29 is 9.64 Å². The van der Waals surface area contributed by atoms with E-state index >= 15 is 0 Å². The lowest BCUT2D eigenvalue weighted by Crippen LogP contribution is -3.08. The third-order valence-electron chi connectivity index (χ3n) is 4.17. The number of nitrogens with one attached hydrogen (secondary N) is 1. The number of likely N-dealkylation sites (N-methyl/N-ethyl adjacent to an activating group) is 1. The summed E-state index contributed by atoms with van der Waals surface area (Å²) in [6, 6.07) is 9.97. The van der Waals surface area contributed by atoms with Crippen molar-refractivity contribution in [3.63, 3.8) is 0 Å². The van der Waals surface area contributed by atoms with Gasteiger partial charge in [0.1, 0.15) is 29.7 Å². The van der Waals surface area contributed by atoms with Crippen LogP contribution in [0.25, 0.3) is 11.1 Å². The van der Waals surface area contributed by atoms with Gasteiger partial charge in [0.15, 0.2) is 0 Å². The number of aromatic nitrogens is 1. The number of rotatable bonds is 2. The Balaban J connectivity index is 2.23. The first kappa shape index (κ1) is 14.4. The maximum atomic E-state index is 9.53. The van der Waals surface area contributed by atoms with E-state index in [1.54, 1.807) is 7.11 Å². The van der Waals surface area contributed by atoms with Crippen LogP contribution in [0.1, 0.15) is 16.8 Å². The first-order chi connectivity index (χ1) is 10.6. The molecule has 0 saturated carbocycles. The van der Waals surface area contributed by atoms with Crippen molar-refractivity contribution >= 4 is 5.82 Å². The fourth-order valence-electron chi connectivity index (χ4n) is 3.00. The number of nitrogens with zero attached hydrogens (tertiary/aromatic N) is 2. The van der Waals surface area contributed by atoms with E-state index in [1.807, 2.05) is 24.3 Å². The lowest BCUT2D eigenvalue weighted by atomic mass is 9.91. The summed E-state index contributed by atoms with van der Waals surface area (Å²) in [5.41, 5.74) is 10.6. The van der Waals surface area contributed by atoms with Crippen molar-refractivity contribution in [1.29, 1.82) is 5.26 Å². The number of anilines is 1. The molecule has 0 amide bonds. The molecular formula is C17H19N4O+. The zero-order chi connectivity index (χ0) is 15.7. The Kier molecular flexibility index (Phi) is 3.70. The first-order valence-corrected chi connectivity index (χ1v) is 7.31. The fraction of sp³-hybridized carbons (Fsp3) is 0.294. The normalized spacial score (nSPS) is 16.7. The predicted molar refractivity (Wildman–Crippen MR) is 84.5 cm³/mol. The molecule has 5 nitrogen and oxygen atoms in total. The number of nitrogens with two attached hydrogens (primary N) is 1. The first-order valence-electron chi connectivity index (χ1n) is 7.31. The molecular weight excluding hydrogens is 276 g/mol. The lowest BCUT2D eigenvalue weighted by Gasteiger charge is -2.25. The standard InChI is InChI=1S/C17H18N4O/c1-21-8-7-15-14(10-21)16(13(9-18)17(19)20-15)11-3-5-12(22-2)6-4-11/h3-6H,7-8,10H2,1-2H3,(H2,19,20)/p+1. The average Bonchev–Trinajstić information content (AvgIpc) is 2.54. The second kappa shape index (κ2) is 5.66. The third-order valence-corrected chi connectivity index (χ3v) is 4.17. The van der Waals surface area contributed by atoms with Gasteiger partial charge in [-0.1, -0.05) is 12.1 Å². The lowest BCUT2D eigenvalue weighted by molar-refractivity contribution is -0.895. The summed E-state index contributed by atoms with van der Waals surface area (Å²) in [5.74, 6) is 1.12. The maximum absolute atomic E-state index is 9.53. The molecule has 1 atom stereocenters. The van der Waals surface area contributed by atoms with Crippen LogP contribution in [0.5, 0.6) is 5.75 Å². The Labute approximate surface area is 129 Å². The van der Waals surface area contributed by atoms with Crippen LogP contribution in [0.4, 0.5) is 5.82 Å². The van der Waals surface area contributed by atoms with E-state index in [9.17, 15) is 5.26 Å². The van der Waals surface area contributed by atoms with Crippen molar-refractivity contribution in [2.24, 2.45) is 0 Å². The van der Waals surface area contributed by atoms with Gasteiger partial charge in [0, 0.05) is 17.5 Å². The van der Waals surface area contributed by atoms with Gasteiger partial charge < -0.3 is 15.4 Å². The van der Waals surface area contributed by atoms with Crippen LogP contribution in [0.3, 0.4) is 0 Å². The molecule has 1 aliphatic rings. The second-order valence-electron chi connectivity index (χ2n) is 5.65. The predicted octanol–water partition coefficient (Wildman–Crippen LogP) is 0.782. The van der Waals surface area contributed by atoms with Gasteiger partial charge in [0.05, 0.1) is 26.4 Å². The van der Waals surface area contributed by atoms with Gasteiger partial charge in [-0.3, -0.25) is 0 Å². The quantitative estimate of drug-likeness (QED) is 0.858. The molecule has 0 saturated heterocycles. The van der Waals surface area contributed by atoms with E-state index in [-0.39, 0.29) is 0 Å². The summed E-state index contributed by atoms with van der Waals surface area (Å²) in [6.07, 6.45) is 0.889. The number of methoxy groups -OCH3 is 1. The van der Waals surface area contributed by atoms with E-state index in [1.165, 1.54) is 4.90 Å². The molecule has 2 aromatic rings. The number of fused-ring (bicyclic) bond motifs is 1. The highest BCUT2D eigenvalue weighted by Crippen LogP contribution is 2.33. The van der Waals surface area contributed by atoms with Gasteiger partial charge in [-0.05, 0) is 17.7 Å². The van der Waals surface area contributed by atoms with Crippen LogP contribution in [0, 0.1) is 11.3 Å². The van der Waals surface area contributed by atoms with Gasteiger partial charge in [-0.15, -0.1) is 0 Å². The summed E-state index contributed by atoms with van der Waals surface area (Å²) < 4.78 is 5.21. The Morgan fingerprint density at radius 2 is 2.05 bits per heavy atom. The molecule has 112 valence electrons. The van der Waals surface area contributed by atoms with Crippen LogP contribution in [-0.4, -0.2) is 25.7 Å². The number of benzene rings is 1. The Morgan fingerprint density at radius 3 is 2.68 bits per heavy atom. The molecule has 22 heavy (non-hydrogen) atoms. The van der Waals surface area contributed by atoms with Crippen LogP contribution in [-0.2, 0) is 13.0 Å². The number of quaternary nitrogens is 1. The van der Waals surface area contributed by atoms with Crippen molar-refractivity contribution in [3.8, 4) is 22.9 Å². The fourth-order valence-corrected chi connectivity index (χ4v) is 3.00. The smallest absolute Gasteiger partial charge is 0.142 e. The second-order valence-corrected chi connectivity index (χ2v) is 5.65. The van der Waals surface area contributed by atoms with Gasteiger partial charge in [0.25, 0.3) is 0 Å². The molecule has 0 spiro atoms. The molecule has 0 aliphatic carbocycles. The van der Waals surface area contributed by atoms with Crippen molar-refractivity contribution in [2.75, 3.05) is 26.4 Å². The molecule has 1 aliphatic heterocycles. The minimum Gasteiger partial charge on any atom is -0.497 e. The molecule has 1 unspecified atom stereocenters. The zero-order valence-corrected chi connectivity index (χ0v) is 12.8. The number of nitrogen functional groups attached to an aromatic ring is 1. The van der Waals surface area contributed by atoms with Crippen LogP contribution in [0.15, 0.2) is 24.3 Å². The van der Waals surface area contributed by atoms with E-state index in [0.717, 1.165) is 47.6 Å². The van der Waals surface area contributed by atoms with E-state index in [4.69, 9.17) is 10.5 Å². The molecule has 0 radical (unpaired) electrons. The number of ether oxygens (including phenoxy) is 1. The van der Waals surface area contributed by atoms with E-state index in [2.05, 4.69) is 18.1 Å². The maximum Gasteiger partial charge on any atom is 0.142 e. The molecule has 3 rings (SSSR count). The minimum atomic E-state index is 0.326. The Morgan fingerprint density at radius 1 is 1.32 bits per heavy atom. The number of hydrogen-bond acceptors (Lipinski definition) is 4. The Hall–Kier alpha value is -2.58. The largest absolute Gasteiger partial charge is 0.497 e. The van der Waals surface area contributed by atoms with E-state index < -0.39 is 0 Å². The van der Waals surface area contributed by atoms with Gasteiger partial charge in [-0.2, -0.15) is 5.26 Å². The minimum absolute atomic E-state index is 0.326. The number of pyridine rings is 1. The summed E-state index contributed by atoms with van der Waals surface area (Å²) in [7, 11) is 3.80. The van der Waals surface area contributed by atoms with Crippen LogP contribution in [0.2, 0.25) is 0 Å². The SMILES string of the molecule is COc1ccc(-c2c(C#N)c(N)nc3c2C[NH+](C)CC3)cc1. The van der Waals surface area contributed by atoms with Crippen LogP contribution < -0.4 is 15.4 Å². The van der Waals surface area contributed by atoms with E-state index in [0.29, 0.717) is 11.4 Å². The highest BCUT2D eigenvalue weighted by atomic mass is 16.5. The molecule has 1 aromatic heterocycles. The van der Waals surface area contributed by atoms with Gasteiger partial charge in [-0.25, -0.2) is 4.98 Å². The summed E-state index contributed by atoms with van der Waals surface area (Å²) in [4.78, 5) is 5.87. The number of hydrogen-bond donors (Lipinski definition) is 2. The monoisotopic (exact) mass is 295 g/mol. The molecule has 3 N–H and O–H groups in total. The van der Waals surface area contributed by atoms with Crippen molar-refractivity contribution in [1.82, 2.24) is 4.98 Å². The highest BCUT2D eigenvalue weighted by molar-refractivity contribution is 5.79. The summed E-state index contributed by atoms with van der Waals surface area (Å²) in [5, 5.41) is 9.53. The molecule has 0 bridgehead atoms. The average molecular weight is 295 g/mol. The van der Waals surface area contributed by atoms with Crippen LogP contribution >= 0.6 is 0 Å². The van der Waals surface area contributed by atoms with Gasteiger partial charge in [0.2, 0.25) is 0 Å². The third kappa shape index (κ3) is 2.38. The molecule has 5 heteroatoms. The Bertz CT molecular complexity index is 747. The van der Waals surface area contributed by atoms with Gasteiger partial charge >= 0.3 is 0 Å². The topological polar surface area (TPSA) is 76.4 Å². The highest BCUT2D eigenvalue weighted by Gasteiger charge is 2.25.